The molecule has 1 aliphatic carbocycles. The van der Waals surface area contributed by atoms with Gasteiger partial charge in [0.15, 0.2) is 0 Å². The van der Waals surface area contributed by atoms with Crippen LogP contribution >= 0.6 is 0 Å². The van der Waals surface area contributed by atoms with Crippen LogP contribution in [0, 0.1) is 0 Å². The number of allylic oxidation sites excluding steroid dienone is 4. The van der Waals surface area contributed by atoms with E-state index in [9.17, 15) is 0 Å². The van der Waals surface area contributed by atoms with Gasteiger partial charge in [-0.3, -0.25) is 9.41 Å². The van der Waals surface area contributed by atoms with E-state index in [1.54, 1.807) is 0 Å². The van der Waals surface area contributed by atoms with E-state index in [1.807, 2.05) is 0 Å². The van der Waals surface area contributed by atoms with E-state index in [2.05, 4.69) is 38.7 Å². The van der Waals surface area contributed by atoms with Crippen molar-refractivity contribution in [2.45, 2.75) is 6.42 Å². The molecular weight excluding hydrogens is 146 g/mol. The van der Waals surface area contributed by atoms with Crippen LogP contribution in [0.5, 0.6) is 0 Å². The van der Waals surface area contributed by atoms with E-state index in [0.717, 1.165) is 0 Å². The zero-order valence-corrected chi connectivity index (χ0v) is 5.82. The third kappa shape index (κ3) is 3.11. The van der Waals surface area contributed by atoms with Crippen molar-refractivity contribution in [3.05, 3.63) is 22.1 Å². The van der Waals surface area contributed by atoms with E-state index in [1.165, 1.54) is 10.3 Å². The molecule has 0 nitrogen and oxygen atoms in total. The van der Waals surface area contributed by atoms with Gasteiger partial charge in [-0.2, -0.15) is 0 Å². The van der Waals surface area contributed by atoms with E-state index < -0.39 is 0 Å². The van der Waals surface area contributed by atoms with Crippen LogP contribution in [0.25, 0.3) is 0 Å². The second-order valence-electron chi connectivity index (χ2n) is 1.32. The van der Waals surface area contributed by atoms with Crippen molar-refractivity contribution >= 4 is 0 Å². The Morgan fingerprint density at radius 3 is 2.12 bits per heavy atom. The molecule has 0 aliphatic heterocycles. The summed E-state index contributed by atoms with van der Waals surface area (Å²) in [7, 11) is 0. The van der Waals surface area contributed by atoms with Crippen molar-refractivity contribution in [2.75, 3.05) is 0 Å². The molecule has 0 spiro atoms. The summed E-state index contributed by atoms with van der Waals surface area (Å²) >= 11 is 2.14. The van der Waals surface area contributed by atoms with Crippen LogP contribution in [-0.2, 0) is 20.4 Å². The second kappa shape index (κ2) is 5.20. The zero-order valence-electron chi connectivity index (χ0n) is 4.26. The predicted molar refractivity (Wildman–Crippen MR) is 26.8 cm³/mol. The molecule has 45 valence electrons. The molecule has 0 saturated carbocycles. The third-order valence-corrected chi connectivity index (χ3v) is 1.35. The summed E-state index contributed by atoms with van der Waals surface area (Å²) in [5.41, 5.74) is 0. The van der Waals surface area contributed by atoms with Gasteiger partial charge >= 0.3 is 49.0 Å². The first-order chi connectivity index (χ1) is 2.89. The quantitative estimate of drug-likeness (QED) is 0.464. The summed E-state index contributed by atoms with van der Waals surface area (Å²) < 4.78 is 1.47. The van der Waals surface area contributed by atoms with Crippen LogP contribution in [0.2, 0.25) is 0 Å². The number of hydrogen-bond acceptors (Lipinski definition) is 0. The molecule has 8 heavy (non-hydrogen) atoms. The maximum atomic E-state index is 2.16. The summed E-state index contributed by atoms with van der Waals surface area (Å²) in [5.74, 6) is 0. The Bertz CT molecular complexity index is 107. The van der Waals surface area contributed by atoms with Crippen molar-refractivity contribution in [3.63, 3.8) is 0 Å². The van der Waals surface area contributed by atoms with Crippen molar-refractivity contribution in [2.24, 2.45) is 0 Å². The zero-order chi connectivity index (χ0) is 4.41. The molecule has 0 unspecified atom stereocenters. The molecule has 3 heteroatoms. The fourth-order valence-electron chi connectivity index (χ4n) is 0.447. The van der Waals surface area contributed by atoms with Crippen molar-refractivity contribution in [1.82, 2.24) is 0 Å². The molecule has 0 aromatic carbocycles. The summed E-state index contributed by atoms with van der Waals surface area (Å²) in [6, 6.07) is 0. The first kappa shape index (κ1) is 10.9. The summed E-state index contributed by atoms with van der Waals surface area (Å²) in [4.78, 5) is 0. The Morgan fingerprint density at radius 1 is 1.38 bits per heavy atom. The van der Waals surface area contributed by atoms with Crippen molar-refractivity contribution in [1.29, 1.82) is 0 Å². The molecule has 0 heterocycles. The Kier molecular flexibility index (Phi) is 7.10. The molecule has 0 amide bonds. The van der Waals surface area contributed by atoms with Gasteiger partial charge in [-0.05, 0) is 0 Å². The van der Waals surface area contributed by atoms with Crippen molar-refractivity contribution in [3.8, 4) is 0 Å². The number of hydrogen-bond donors (Lipinski definition) is 0. The van der Waals surface area contributed by atoms with Crippen LogP contribution < -0.4 is 0 Å². The van der Waals surface area contributed by atoms with Crippen LogP contribution in [0.1, 0.15) is 6.42 Å². The summed E-state index contributed by atoms with van der Waals surface area (Å²) in [6.07, 6.45) is 7.56. The predicted octanol–water partition coefficient (Wildman–Crippen LogP) is 1.68. The fraction of sp³-hybridized carbons (Fsp3) is 0.200. The molecule has 0 N–H and O–H groups in total. The second-order valence-corrected chi connectivity index (χ2v) is 2.33. The van der Waals surface area contributed by atoms with Gasteiger partial charge in [0.05, 0.1) is 0 Å². The Balaban J connectivity index is 0. The first-order valence-corrected chi connectivity index (χ1v) is 2.75. The van der Waals surface area contributed by atoms with Crippen LogP contribution in [0.3, 0.4) is 0 Å². The normalized spacial score (nSPS) is 13.6. The van der Waals surface area contributed by atoms with Gasteiger partial charge in [0.1, 0.15) is 0 Å². The molecular formula is C5H7F2Ti. The molecule has 1 rings (SSSR count). The minimum atomic E-state index is 0. The van der Waals surface area contributed by atoms with E-state index in [0.29, 0.717) is 0 Å². The summed E-state index contributed by atoms with van der Waals surface area (Å²) in [5, 5.41) is 0. The molecule has 0 aromatic rings. The number of rotatable bonds is 0. The van der Waals surface area contributed by atoms with Gasteiger partial charge in [0, 0.05) is 0 Å². The van der Waals surface area contributed by atoms with Gasteiger partial charge in [0.25, 0.3) is 0 Å². The van der Waals surface area contributed by atoms with Crippen molar-refractivity contribution < 1.29 is 29.8 Å². The molecule has 0 fully saturated rings. The maximum absolute atomic E-state index is 2.16. The average molecular weight is 153 g/mol. The Morgan fingerprint density at radius 2 is 2.00 bits per heavy atom. The standard InChI is InChI=1S/C5H5.2FH.Ti/c1-2-4-5-3-1;;;/h1-3H,4H2;2*1H;. The fourth-order valence-corrected chi connectivity index (χ4v) is 0.782. The van der Waals surface area contributed by atoms with Gasteiger partial charge in [-0.15, -0.1) is 0 Å². The average Bonchev–Trinajstić information content (AvgIpc) is 1.86. The van der Waals surface area contributed by atoms with Crippen LogP contribution in [0.15, 0.2) is 22.1 Å². The van der Waals surface area contributed by atoms with E-state index in [-0.39, 0.29) is 9.41 Å². The molecule has 1 aliphatic rings. The van der Waals surface area contributed by atoms with E-state index in [4.69, 9.17) is 0 Å². The number of halogens is 2. The van der Waals surface area contributed by atoms with Gasteiger partial charge in [-0.25, -0.2) is 0 Å². The minimum absolute atomic E-state index is 0. The Labute approximate surface area is 58.8 Å². The van der Waals surface area contributed by atoms with Gasteiger partial charge < -0.3 is 0 Å². The third-order valence-electron chi connectivity index (χ3n) is 0.771. The van der Waals surface area contributed by atoms with Gasteiger partial charge in [-0.1, -0.05) is 0 Å². The van der Waals surface area contributed by atoms with Gasteiger partial charge in [0.2, 0.25) is 0 Å². The molecule has 0 atom stereocenters. The van der Waals surface area contributed by atoms with Crippen LogP contribution in [0.4, 0.5) is 9.41 Å². The molecule has 0 radical (unpaired) electrons. The monoisotopic (exact) mass is 153 g/mol. The van der Waals surface area contributed by atoms with E-state index >= 15 is 0 Å². The summed E-state index contributed by atoms with van der Waals surface area (Å²) in [6.45, 7) is 0. The first-order valence-electron chi connectivity index (χ1n) is 1.97. The SMILES string of the molecule is F.F.[Ti][C]1=CC=CC1. The topological polar surface area (TPSA) is 0 Å². The Hall–Kier alpha value is 0.0543. The molecule has 0 saturated heterocycles. The molecule has 0 aromatic heterocycles. The van der Waals surface area contributed by atoms with Crippen LogP contribution in [-0.4, -0.2) is 0 Å². The molecule has 0 bridgehead atoms.